The van der Waals surface area contributed by atoms with E-state index in [1.54, 1.807) is 20.2 Å². The van der Waals surface area contributed by atoms with Gasteiger partial charge in [-0.1, -0.05) is 41.5 Å². The number of H-pyrrole nitrogens is 1. The maximum absolute atomic E-state index is 10.8. The van der Waals surface area contributed by atoms with Crippen molar-refractivity contribution in [3.63, 3.8) is 0 Å². The summed E-state index contributed by atoms with van der Waals surface area (Å²) in [5, 5.41) is 5.58. The molecule has 5 heteroatoms. The molecule has 0 aromatic carbocycles. The van der Waals surface area contributed by atoms with Gasteiger partial charge >= 0.3 is 5.69 Å². The van der Waals surface area contributed by atoms with Crippen LogP contribution < -0.4 is 16.3 Å². The Hall–Kier alpha value is -1.52. The van der Waals surface area contributed by atoms with Gasteiger partial charge in [-0.25, -0.2) is 4.79 Å². The van der Waals surface area contributed by atoms with Gasteiger partial charge in [0.05, 0.1) is 0 Å². The number of hydrogen-bond donors (Lipinski definition) is 3. The first kappa shape index (κ1) is 20.8. The Morgan fingerprint density at radius 1 is 1.00 bits per heavy atom. The molecule has 0 saturated heterocycles. The topological polar surface area (TPSA) is 69.8 Å². The molecule has 0 aliphatic carbocycles. The molecule has 1 rings (SSSR count). The lowest BCUT2D eigenvalue weighted by Crippen LogP contribution is -2.13. The van der Waals surface area contributed by atoms with Gasteiger partial charge in [-0.15, -0.1) is 0 Å². The highest BCUT2D eigenvalue weighted by Crippen LogP contribution is 2.03. The molecule has 1 aromatic rings. The molecule has 1 aromatic heterocycles. The number of rotatable bonds is 2. The lowest BCUT2D eigenvalue weighted by molar-refractivity contribution is 1.07. The molecule has 1 heterocycles. The zero-order valence-electron chi connectivity index (χ0n) is 12.4. The Bertz CT molecular complexity index is 272. The molecule has 0 radical (unpaired) electrons. The van der Waals surface area contributed by atoms with Crippen LogP contribution in [0, 0.1) is 0 Å². The van der Waals surface area contributed by atoms with Crippen molar-refractivity contribution in [3.05, 3.63) is 16.6 Å². The second kappa shape index (κ2) is 16.9. The fourth-order valence-corrected chi connectivity index (χ4v) is 0.720. The number of aromatic amines is 1. The number of hydrogen-bond acceptors (Lipinski definition) is 4. The molecule has 0 atom stereocenters. The molecule has 3 N–H and O–H groups in total. The Morgan fingerprint density at radius 3 is 1.82 bits per heavy atom. The van der Waals surface area contributed by atoms with E-state index in [1.165, 1.54) is 0 Å². The summed E-state index contributed by atoms with van der Waals surface area (Å²) in [6.07, 6.45) is 0. The lowest BCUT2D eigenvalue weighted by Gasteiger charge is -2.01. The predicted octanol–water partition coefficient (Wildman–Crippen LogP) is 2.93. The molecule has 0 aliphatic rings. The quantitative estimate of drug-likeness (QED) is 0.748. The van der Waals surface area contributed by atoms with Crippen LogP contribution in [0.1, 0.15) is 41.5 Å². The smallest absolute Gasteiger partial charge is 0.348 e. The Balaban J connectivity index is -0.000000285. The van der Waals surface area contributed by atoms with E-state index in [4.69, 9.17) is 0 Å². The van der Waals surface area contributed by atoms with Gasteiger partial charge < -0.3 is 10.6 Å². The SMILES string of the molecule is CC.CC.CC.CNc1cc(NC)[nH]c(=O)n1. The monoisotopic (exact) mass is 244 g/mol. The van der Waals surface area contributed by atoms with E-state index in [-0.39, 0.29) is 5.69 Å². The molecule has 0 saturated carbocycles. The van der Waals surface area contributed by atoms with Crippen molar-refractivity contribution < 1.29 is 0 Å². The highest BCUT2D eigenvalue weighted by atomic mass is 16.1. The zero-order valence-corrected chi connectivity index (χ0v) is 12.4. The number of aromatic nitrogens is 2. The summed E-state index contributed by atoms with van der Waals surface area (Å²) in [4.78, 5) is 16.9. The molecule has 102 valence electrons. The minimum Gasteiger partial charge on any atom is -0.374 e. The van der Waals surface area contributed by atoms with Crippen molar-refractivity contribution in [1.29, 1.82) is 0 Å². The normalized spacial score (nSPS) is 7.06. The standard InChI is InChI=1S/C6H10N4O.3C2H6/c1-7-4-3-5(8-2)10-6(11)9-4;3*1-2/h3H,1-2H3,(H3,7,8,9,10,11);3*1-2H3. The van der Waals surface area contributed by atoms with Gasteiger partial charge in [0, 0.05) is 20.2 Å². The van der Waals surface area contributed by atoms with Gasteiger partial charge in [0.15, 0.2) is 0 Å². The molecular formula is C12H28N4O. The maximum atomic E-state index is 10.8. The molecule has 0 amide bonds. The third kappa shape index (κ3) is 10.8. The number of anilines is 2. The Morgan fingerprint density at radius 2 is 1.47 bits per heavy atom. The second-order valence-corrected chi connectivity index (χ2v) is 1.99. The largest absolute Gasteiger partial charge is 0.374 e. The molecule has 5 nitrogen and oxygen atoms in total. The van der Waals surface area contributed by atoms with Crippen molar-refractivity contribution in [1.82, 2.24) is 9.97 Å². The van der Waals surface area contributed by atoms with E-state index in [9.17, 15) is 4.79 Å². The van der Waals surface area contributed by atoms with Crippen LogP contribution in [0.4, 0.5) is 11.6 Å². The maximum Gasteiger partial charge on any atom is 0.348 e. The van der Waals surface area contributed by atoms with E-state index < -0.39 is 0 Å². The first-order chi connectivity index (χ1) is 8.26. The van der Waals surface area contributed by atoms with Gasteiger partial charge in [-0.3, -0.25) is 4.98 Å². The van der Waals surface area contributed by atoms with Crippen LogP contribution in [0.2, 0.25) is 0 Å². The molecule has 0 aliphatic heterocycles. The molecule has 0 bridgehead atoms. The molecule has 17 heavy (non-hydrogen) atoms. The summed E-state index contributed by atoms with van der Waals surface area (Å²) in [7, 11) is 3.44. The van der Waals surface area contributed by atoms with Crippen molar-refractivity contribution in [2.45, 2.75) is 41.5 Å². The summed E-state index contributed by atoms with van der Waals surface area (Å²) in [5.74, 6) is 1.20. The average molecular weight is 244 g/mol. The van der Waals surface area contributed by atoms with E-state index in [1.807, 2.05) is 41.5 Å². The number of nitrogens with one attached hydrogen (secondary N) is 3. The van der Waals surface area contributed by atoms with E-state index in [0.29, 0.717) is 11.6 Å². The van der Waals surface area contributed by atoms with E-state index in [2.05, 4.69) is 20.6 Å². The summed E-state index contributed by atoms with van der Waals surface area (Å²) in [6.45, 7) is 12.0. The van der Waals surface area contributed by atoms with Crippen LogP contribution in [0.3, 0.4) is 0 Å². The van der Waals surface area contributed by atoms with Crippen LogP contribution in [0.5, 0.6) is 0 Å². The second-order valence-electron chi connectivity index (χ2n) is 1.99. The molecule has 0 fully saturated rings. The third-order valence-corrected chi connectivity index (χ3v) is 1.27. The third-order valence-electron chi connectivity index (χ3n) is 1.27. The van der Waals surface area contributed by atoms with Gasteiger partial charge in [-0.2, -0.15) is 4.98 Å². The average Bonchev–Trinajstić information content (AvgIpc) is 2.44. The van der Waals surface area contributed by atoms with Crippen molar-refractivity contribution in [3.8, 4) is 0 Å². The van der Waals surface area contributed by atoms with Crippen LogP contribution >= 0.6 is 0 Å². The predicted molar refractivity (Wildman–Crippen MR) is 78.0 cm³/mol. The zero-order chi connectivity index (χ0) is 14.3. The molecule has 0 unspecified atom stereocenters. The Labute approximate surface area is 105 Å². The summed E-state index contributed by atoms with van der Waals surface area (Å²) in [6, 6.07) is 1.71. The Kier molecular flexibility index (Phi) is 20.7. The first-order valence-corrected chi connectivity index (χ1v) is 6.23. The lowest BCUT2D eigenvalue weighted by atomic mass is 10.5. The summed E-state index contributed by atoms with van der Waals surface area (Å²) >= 11 is 0. The first-order valence-electron chi connectivity index (χ1n) is 6.23. The minimum atomic E-state index is -0.360. The van der Waals surface area contributed by atoms with Crippen LogP contribution in [-0.2, 0) is 0 Å². The van der Waals surface area contributed by atoms with Crippen molar-refractivity contribution >= 4 is 11.6 Å². The minimum absolute atomic E-state index is 0.360. The summed E-state index contributed by atoms with van der Waals surface area (Å²) < 4.78 is 0. The molecule has 0 spiro atoms. The van der Waals surface area contributed by atoms with Gasteiger partial charge in [0.2, 0.25) is 0 Å². The fraction of sp³-hybridized carbons (Fsp3) is 0.667. The summed E-state index contributed by atoms with van der Waals surface area (Å²) in [5.41, 5.74) is -0.360. The fourth-order valence-electron chi connectivity index (χ4n) is 0.720. The van der Waals surface area contributed by atoms with Crippen molar-refractivity contribution in [2.75, 3.05) is 24.7 Å². The van der Waals surface area contributed by atoms with E-state index >= 15 is 0 Å². The number of nitrogens with zero attached hydrogens (tertiary/aromatic N) is 1. The van der Waals surface area contributed by atoms with Crippen LogP contribution in [0.25, 0.3) is 0 Å². The molecular weight excluding hydrogens is 216 g/mol. The highest BCUT2D eigenvalue weighted by Gasteiger charge is 1.94. The van der Waals surface area contributed by atoms with Crippen LogP contribution in [-0.4, -0.2) is 24.1 Å². The van der Waals surface area contributed by atoms with Gasteiger partial charge in [0.25, 0.3) is 0 Å². The van der Waals surface area contributed by atoms with E-state index in [0.717, 1.165) is 0 Å². The van der Waals surface area contributed by atoms with Gasteiger partial charge in [0.1, 0.15) is 11.6 Å². The highest BCUT2D eigenvalue weighted by molar-refractivity contribution is 5.45. The van der Waals surface area contributed by atoms with Crippen molar-refractivity contribution in [2.24, 2.45) is 0 Å². The van der Waals surface area contributed by atoms with Crippen LogP contribution in [0.15, 0.2) is 10.9 Å². The van der Waals surface area contributed by atoms with Gasteiger partial charge in [-0.05, 0) is 0 Å².